The molecule has 8 heteroatoms. The zero-order valence-corrected chi connectivity index (χ0v) is 18.9. The van der Waals surface area contributed by atoms with Crippen LogP contribution in [0.2, 0.25) is 0 Å². The van der Waals surface area contributed by atoms with Crippen molar-refractivity contribution in [1.82, 2.24) is 4.90 Å². The van der Waals surface area contributed by atoms with Crippen LogP contribution in [0.1, 0.15) is 17.3 Å². The summed E-state index contributed by atoms with van der Waals surface area (Å²) in [5, 5.41) is 3.68. The number of nitrogens with two attached hydrogens (primary N) is 1. The highest BCUT2D eigenvalue weighted by Crippen LogP contribution is 2.30. The minimum absolute atomic E-state index is 0.240. The summed E-state index contributed by atoms with van der Waals surface area (Å²) in [6, 6.07) is 13.0. The first-order valence-electron chi connectivity index (χ1n) is 10.4. The normalized spacial score (nSPS) is 15.1. The Bertz CT molecular complexity index is 969. The Hall–Kier alpha value is -2.81. The van der Waals surface area contributed by atoms with Gasteiger partial charge in [0, 0.05) is 36.6 Å². The fourth-order valence-electron chi connectivity index (χ4n) is 3.13. The van der Waals surface area contributed by atoms with Crippen molar-refractivity contribution >= 4 is 23.2 Å². The zero-order chi connectivity index (χ0) is 22.9. The first-order chi connectivity index (χ1) is 15.4. The number of morpholine rings is 1. The molecule has 2 aromatic carbocycles. The van der Waals surface area contributed by atoms with Crippen molar-refractivity contribution in [1.29, 1.82) is 0 Å². The van der Waals surface area contributed by atoms with Crippen LogP contribution in [0.4, 0.5) is 10.1 Å². The zero-order valence-electron chi connectivity index (χ0n) is 18.1. The van der Waals surface area contributed by atoms with Crippen molar-refractivity contribution in [2.24, 2.45) is 5.73 Å². The van der Waals surface area contributed by atoms with Gasteiger partial charge in [-0.2, -0.15) is 0 Å². The molecule has 0 aliphatic carbocycles. The van der Waals surface area contributed by atoms with E-state index in [1.54, 1.807) is 13.0 Å². The molecule has 1 aliphatic heterocycles. The highest BCUT2D eigenvalue weighted by Gasteiger charge is 2.17. The molecule has 3 rings (SSSR count). The number of nitrogens with one attached hydrogen (secondary N) is 1. The molecule has 0 aromatic heterocycles. The van der Waals surface area contributed by atoms with Crippen molar-refractivity contribution in [2.45, 2.75) is 6.92 Å². The third-order valence-corrected chi connectivity index (χ3v) is 5.85. The Kier molecular flexibility index (Phi) is 8.72. The van der Waals surface area contributed by atoms with Crippen LogP contribution in [-0.4, -0.2) is 50.1 Å². The van der Waals surface area contributed by atoms with E-state index in [1.165, 1.54) is 18.2 Å². The topological polar surface area (TPSA) is 76.8 Å². The lowest BCUT2D eigenvalue weighted by atomic mass is 10.1. The van der Waals surface area contributed by atoms with Gasteiger partial charge in [0.1, 0.15) is 18.2 Å². The van der Waals surface area contributed by atoms with E-state index in [9.17, 15) is 9.18 Å². The van der Waals surface area contributed by atoms with Crippen LogP contribution in [-0.2, 0) is 4.74 Å². The van der Waals surface area contributed by atoms with Crippen LogP contribution in [0.25, 0.3) is 0 Å². The van der Waals surface area contributed by atoms with Gasteiger partial charge >= 0.3 is 0 Å². The molecule has 1 fully saturated rings. The van der Waals surface area contributed by atoms with Crippen LogP contribution in [0.15, 0.2) is 70.7 Å². The van der Waals surface area contributed by atoms with E-state index in [0.717, 1.165) is 56.0 Å². The van der Waals surface area contributed by atoms with Gasteiger partial charge in [-0.05, 0) is 43.3 Å². The summed E-state index contributed by atoms with van der Waals surface area (Å²) in [6.45, 7) is 10.5. The van der Waals surface area contributed by atoms with Crippen molar-refractivity contribution in [3.8, 4) is 5.75 Å². The van der Waals surface area contributed by atoms with Crippen LogP contribution in [0, 0.1) is 5.82 Å². The molecule has 2 aromatic rings. The molecule has 0 radical (unpaired) electrons. The second kappa shape index (κ2) is 11.7. The molecule has 0 unspecified atom stereocenters. The highest BCUT2D eigenvalue weighted by molar-refractivity contribution is 8.07. The number of hydrogen-bond donors (Lipinski definition) is 2. The predicted molar refractivity (Wildman–Crippen MR) is 127 cm³/mol. The molecule has 3 N–H and O–H groups in total. The Morgan fingerprint density at radius 2 is 1.97 bits per heavy atom. The van der Waals surface area contributed by atoms with E-state index in [-0.39, 0.29) is 11.3 Å². The van der Waals surface area contributed by atoms with Gasteiger partial charge in [-0.15, -0.1) is 0 Å². The minimum atomic E-state index is -0.473. The van der Waals surface area contributed by atoms with Crippen molar-refractivity contribution in [3.63, 3.8) is 0 Å². The number of nitrogens with zero attached hydrogens (tertiary/aromatic N) is 1. The molecule has 32 heavy (non-hydrogen) atoms. The lowest BCUT2D eigenvalue weighted by molar-refractivity contribution is 0.0322. The fraction of sp³-hybridized carbons (Fsp3) is 0.292. The number of carbonyl (C=O) groups is 1. The fourth-order valence-corrected chi connectivity index (χ4v) is 3.92. The maximum atomic E-state index is 13.5. The first-order valence-corrected chi connectivity index (χ1v) is 11.2. The monoisotopic (exact) mass is 457 g/mol. The van der Waals surface area contributed by atoms with E-state index < -0.39 is 5.82 Å². The number of benzene rings is 2. The largest absolute Gasteiger partial charge is 0.492 e. The number of rotatable bonds is 10. The number of anilines is 1. The number of ketones is 1. The number of carbonyl (C=O) groups excluding carboxylic acids is 1. The van der Waals surface area contributed by atoms with E-state index in [2.05, 4.69) is 16.8 Å². The molecular formula is C24H28FN3O3S. The van der Waals surface area contributed by atoms with Gasteiger partial charge in [0.05, 0.1) is 23.1 Å². The van der Waals surface area contributed by atoms with Crippen LogP contribution >= 0.6 is 11.8 Å². The average Bonchev–Trinajstić information content (AvgIpc) is 2.79. The second-order valence-corrected chi connectivity index (χ2v) is 8.43. The van der Waals surface area contributed by atoms with Crippen molar-refractivity contribution in [2.75, 3.05) is 44.8 Å². The molecule has 0 bridgehead atoms. The maximum absolute atomic E-state index is 13.5. The molecule has 6 nitrogen and oxygen atoms in total. The molecule has 0 spiro atoms. The maximum Gasteiger partial charge on any atom is 0.201 e. The minimum Gasteiger partial charge on any atom is -0.492 e. The predicted octanol–water partition coefficient (Wildman–Crippen LogP) is 4.23. The first kappa shape index (κ1) is 23.8. The van der Waals surface area contributed by atoms with E-state index >= 15 is 0 Å². The number of allylic oxidation sites excluding steroid dienone is 2. The number of halogens is 1. The van der Waals surface area contributed by atoms with Crippen LogP contribution < -0.4 is 15.8 Å². The summed E-state index contributed by atoms with van der Waals surface area (Å²) in [6.07, 6.45) is 0. The number of thioether (sulfide) groups is 1. The Balaban J connectivity index is 1.51. The standard InChI is InChI=1S/C24H28FN3O3S/c1-17(26)24(23(29)19-4-3-5-20(25)16-19)32-18(2)27-21-6-8-22(9-7-21)31-15-12-28-10-13-30-14-11-28/h3-9,16,27H,2,10-15,26H2,1H3/b24-17+. The van der Waals surface area contributed by atoms with Gasteiger partial charge in [0.25, 0.3) is 0 Å². The number of ether oxygens (including phenoxy) is 2. The summed E-state index contributed by atoms with van der Waals surface area (Å²) in [7, 11) is 0. The summed E-state index contributed by atoms with van der Waals surface area (Å²) in [5.41, 5.74) is 7.31. The molecule has 0 amide bonds. The van der Waals surface area contributed by atoms with E-state index in [1.807, 2.05) is 24.3 Å². The van der Waals surface area contributed by atoms with Gasteiger partial charge < -0.3 is 20.5 Å². The Morgan fingerprint density at radius 1 is 1.25 bits per heavy atom. The third kappa shape index (κ3) is 7.12. The number of Topliss-reactive ketones (excluding diaryl/α,β-unsaturated/α-hetero) is 1. The van der Waals surface area contributed by atoms with Crippen LogP contribution in [0.3, 0.4) is 0 Å². The third-order valence-electron chi connectivity index (χ3n) is 4.79. The SMILES string of the molecule is C=C(Nc1ccc(OCCN2CCOCC2)cc1)S/C(C(=O)c1cccc(F)c1)=C(\C)N. The van der Waals surface area contributed by atoms with E-state index in [0.29, 0.717) is 22.2 Å². The Morgan fingerprint density at radius 3 is 2.62 bits per heavy atom. The van der Waals surface area contributed by atoms with E-state index in [4.69, 9.17) is 15.2 Å². The summed E-state index contributed by atoms with van der Waals surface area (Å²) >= 11 is 1.12. The lowest BCUT2D eigenvalue weighted by Gasteiger charge is -2.26. The van der Waals surface area contributed by atoms with Gasteiger partial charge in [-0.3, -0.25) is 9.69 Å². The molecule has 1 aliphatic rings. The molecule has 170 valence electrons. The van der Waals surface area contributed by atoms with Crippen molar-refractivity contribution < 1.29 is 18.7 Å². The lowest BCUT2D eigenvalue weighted by Crippen LogP contribution is -2.38. The van der Waals surface area contributed by atoms with Gasteiger partial charge in [0.15, 0.2) is 0 Å². The smallest absolute Gasteiger partial charge is 0.201 e. The summed E-state index contributed by atoms with van der Waals surface area (Å²) in [5.74, 6) is -0.0395. The second-order valence-electron chi connectivity index (χ2n) is 7.33. The van der Waals surface area contributed by atoms with Gasteiger partial charge in [-0.1, -0.05) is 30.5 Å². The Labute approximate surface area is 192 Å². The molecular weight excluding hydrogens is 429 g/mol. The van der Waals surface area contributed by atoms with Gasteiger partial charge in [0.2, 0.25) is 5.78 Å². The number of hydrogen-bond acceptors (Lipinski definition) is 7. The summed E-state index contributed by atoms with van der Waals surface area (Å²) in [4.78, 5) is 15.4. The van der Waals surface area contributed by atoms with Gasteiger partial charge in [-0.25, -0.2) is 4.39 Å². The quantitative estimate of drug-likeness (QED) is 0.408. The molecule has 1 heterocycles. The summed E-state index contributed by atoms with van der Waals surface area (Å²) < 4.78 is 24.7. The highest BCUT2D eigenvalue weighted by atomic mass is 32.2. The molecule has 1 saturated heterocycles. The average molecular weight is 458 g/mol. The molecule has 0 saturated carbocycles. The molecule has 0 atom stereocenters. The van der Waals surface area contributed by atoms with Crippen molar-refractivity contribution in [3.05, 3.63) is 82.1 Å². The van der Waals surface area contributed by atoms with Crippen LogP contribution in [0.5, 0.6) is 5.75 Å².